The fraction of sp³-hybridized carbons (Fsp3) is 0.733. The molecule has 2 aliphatic rings. The Morgan fingerprint density at radius 2 is 2.05 bits per heavy atom. The summed E-state index contributed by atoms with van der Waals surface area (Å²) in [4.78, 5) is 22.7. The minimum Gasteiger partial charge on any atom is -0.343 e. The van der Waals surface area contributed by atoms with Crippen molar-refractivity contribution in [1.29, 1.82) is 0 Å². The van der Waals surface area contributed by atoms with E-state index in [9.17, 15) is 4.79 Å². The molecular weight excluding hydrogens is 270 g/mol. The Labute approximate surface area is 124 Å². The number of Topliss-reactive ketones (excluding diaryl/α,β-unsaturated/α-hetero) is 1. The molecule has 1 fully saturated rings. The lowest BCUT2D eigenvalue weighted by Gasteiger charge is -2.38. The molecule has 1 unspecified atom stereocenters. The number of hydrogen-bond donors (Lipinski definition) is 0. The first-order valence-electron chi connectivity index (χ1n) is 7.34. The number of aromatic nitrogens is 1. The van der Waals surface area contributed by atoms with E-state index >= 15 is 0 Å². The Kier molecular flexibility index (Phi) is 3.37. The molecule has 1 saturated heterocycles. The van der Waals surface area contributed by atoms with Gasteiger partial charge >= 0.3 is 0 Å². The van der Waals surface area contributed by atoms with Crippen LogP contribution >= 0.6 is 11.3 Å². The molecule has 3 rings (SSSR count). The maximum Gasteiger partial charge on any atom is 0.186 e. The fourth-order valence-electron chi connectivity index (χ4n) is 3.25. The molecule has 4 nitrogen and oxygen atoms in total. The van der Waals surface area contributed by atoms with E-state index in [-0.39, 0.29) is 11.2 Å². The third-order valence-electron chi connectivity index (χ3n) is 4.30. The highest BCUT2D eigenvalue weighted by Crippen LogP contribution is 2.39. The zero-order valence-corrected chi connectivity index (χ0v) is 13.6. The van der Waals surface area contributed by atoms with Gasteiger partial charge in [0.15, 0.2) is 10.9 Å². The second-order valence-electron chi connectivity index (χ2n) is 7.02. The maximum atomic E-state index is 12.3. The first-order chi connectivity index (χ1) is 9.35. The molecule has 1 aliphatic carbocycles. The normalized spacial score (nSPS) is 26.7. The third-order valence-corrected chi connectivity index (χ3v) is 5.48. The average molecular weight is 293 g/mol. The van der Waals surface area contributed by atoms with E-state index in [0.717, 1.165) is 41.8 Å². The Morgan fingerprint density at radius 1 is 1.30 bits per heavy atom. The SMILES string of the molecule is CC1CN(C)CCN1c1nc2c(s1)C(=O)CC(C)(C)C2. The van der Waals surface area contributed by atoms with Crippen molar-refractivity contribution >= 4 is 22.3 Å². The average Bonchev–Trinajstić information content (AvgIpc) is 2.70. The number of carbonyl (C=O) groups excluding carboxylic acids is 1. The standard InChI is InChI=1S/C15H23N3OS/c1-10-9-17(4)5-6-18(10)14-16-11-7-15(2,3)8-12(19)13(11)20-14/h10H,5-9H2,1-4H3. The number of fused-ring (bicyclic) bond motifs is 1. The number of rotatable bonds is 1. The van der Waals surface area contributed by atoms with Crippen LogP contribution in [0.5, 0.6) is 0 Å². The van der Waals surface area contributed by atoms with Gasteiger partial charge in [0.1, 0.15) is 0 Å². The summed E-state index contributed by atoms with van der Waals surface area (Å²) in [6.45, 7) is 9.68. The van der Waals surface area contributed by atoms with Gasteiger partial charge in [0.05, 0.1) is 10.6 Å². The van der Waals surface area contributed by atoms with Crippen LogP contribution in [-0.4, -0.2) is 48.4 Å². The number of likely N-dealkylation sites (N-methyl/N-ethyl adjacent to an activating group) is 1. The minimum absolute atomic E-state index is 0.0587. The van der Waals surface area contributed by atoms with Gasteiger partial charge in [0.2, 0.25) is 0 Å². The second kappa shape index (κ2) is 4.81. The Morgan fingerprint density at radius 3 is 2.75 bits per heavy atom. The zero-order valence-electron chi connectivity index (χ0n) is 12.8. The number of thiazole rings is 1. The van der Waals surface area contributed by atoms with Crippen molar-refractivity contribution in [2.45, 2.75) is 39.7 Å². The lowest BCUT2D eigenvalue weighted by molar-refractivity contribution is 0.0916. The minimum atomic E-state index is 0.0587. The Bertz CT molecular complexity index is 537. The molecular formula is C15H23N3OS. The molecule has 0 N–H and O–H groups in total. The van der Waals surface area contributed by atoms with Crippen LogP contribution in [0.25, 0.3) is 0 Å². The van der Waals surface area contributed by atoms with Crippen LogP contribution in [-0.2, 0) is 6.42 Å². The van der Waals surface area contributed by atoms with E-state index in [2.05, 4.69) is 37.6 Å². The molecule has 1 aromatic rings. The maximum absolute atomic E-state index is 12.3. The van der Waals surface area contributed by atoms with E-state index in [0.29, 0.717) is 12.5 Å². The van der Waals surface area contributed by atoms with Crippen LogP contribution in [0.15, 0.2) is 0 Å². The van der Waals surface area contributed by atoms with Gasteiger partial charge in [-0.25, -0.2) is 4.98 Å². The van der Waals surface area contributed by atoms with Crippen molar-refractivity contribution in [2.24, 2.45) is 5.41 Å². The Hall–Kier alpha value is -0.940. The quantitative estimate of drug-likeness (QED) is 0.797. The van der Waals surface area contributed by atoms with E-state index in [1.807, 2.05) is 0 Å². The van der Waals surface area contributed by atoms with Gasteiger partial charge in [-0.1, -0.05) is 25.2 Å². The Balaban J connectivity index is 1.88. The summed E-state index contributed by atoms with van der Waals surface area (Å²) in [6.07, 6.45) is 1.58. The van der Waals surface area contributed by atoms with Gasteiger partial charge in [0.25, 0.3) is 0 Å². The first-order valence-corrected chi connectivity index (χ1v) is 8.15. The van der Waals surface area contributed by atoms with Crippen LogP contribution in [0.4, 0.5) is 5.13 Å². The predicted octanol–water partition coefficient (Wildman–Crippen LogP) is 2.44. The fourth-order valence-corrected chi connectivity index (χ4v) is 4.40. The summed E-state index contributed by atoms with van der Waals surface area (Å²) in [5, 5.41) is 1.04. The van der Waals surface area contributed by atoms with Crippen molar-refractivity contribution in [3.63, 3.8) is 0 Å². The van der Waals surface area contributed by atoms with Crippen LogP contribution in [0.3, 0.4) is 0 Å². The van der Waals surface area contributed by atoms with E-state index in [4.69, 9.17) is 4.98 Å². The largest absolute Gasteiger partial charge is 0.343 e. The van der Waals surface area contributed by atoms with E-state index < -0.39 is 0 Å². The topological polar surface area (TPSA) is 36.4 Å². The van der Waals surface area contributed by atoms with Crippen LogP contribution in [0, 0.1) is 5.41 Å². The molecule has 5 heteroatoms. The molecule has 1 atom stereocenters. The lowest BCUT2D eigenvalue weighted by atomic mass is 9.78. The number of ketones is 1. The van der Waals surface area contributed by atoms with Gasteiger partial charge in [-0.05, 0) is 25.8 Å². The zero-order chi connectivity index (χ0) is 14.5. The molecule has 0 bridgehead atoms. The van der Waals surface area contributed by atoms with Gasteiger partial charge in [0, 0.05) is 32.1 Å². The summed E-state index contributed by atoms with van der Waals surface area (Å²) in [7, 11) is 2.16. The molecule has 0 amide bonds. The smallest absolute Gasteiger partial charge is 0.186 e. The molecule has 2 heterocycles. The van der Waals surface area contributed by atoms with Crippen LogP contribution < -0.4 is 4.90 Å². The second-order valence-corrected chi connectivity index (χ2v) is 8.00. The predicted molar refractivity (Wildman–Crippen MR) is 82.9 cm³/mol. The molecule has 0 saturated carbocycles. The molecule has 110 valence electrons. The van der Waals surface area contributed by atoms with Crippen LogP contribution in [0.2, 0.25) is 0 Å². The van der Waals surface area contributed by atoms with E-state index in [1.54, 1.807) is 11.3 Å². The number of carbonyl (C=O) groups is 1. The molecule has 0 aromatic carbocycles. The summed E-state index contributed by atoms with van der Waals surface area (Å²) in [5.41, 5.74) is 1.08. The highest BCUT2D eigenvalue weighted by molar-refractivity contribution is 7.17. The molecule has 0 radical (unpaired) electrons. The van der Waals surface area contributed by atoms with Gasteiger partial charge in [-0.2, -0.15) is 0 Å². The molecule has 0 spiro atoms. The highest BCUT2D eigenvalue weighted by atomic mass is 32.1. The van der Waals surface area contributed by atoms with Crippen molar-refractivity contribution in [2.75, 3.05) is 31.6 Å². The summed E-state index contributed by atoms with van der Waals surface area (Å²) in [5.74, 6) is 0.279. The van der Waals surface area contributed by atoms with Crippen LogP contribution in [0.1, 0.15) is 42.6 Å². The van der Waals surface area contributed by atoms with Crippen molar-refractivity contribution < 1.29 is 4.79 Å². The van der Waals surface area contributed by atoms with Gasteiger partial charge < -0.3 is 9.80 Å². The number of piperazine rings is 1. The number of anilines is 1. The highest BCUT2D eigenvalue weighted by Gasteiger charge is 2.35. The number of hydrogen-bond acceptors (Lipinski definition) is 5. The molecule has 1 aliphatic heterocycles. The van der Waals surface area contributed by atoms with E-state index in [1.165, 1.54) is 0 Å². The summed E-state index contributed by atoms with van der Waals surface area (Å²) >= 11 is 1.60. The monoisotopic (exact) mass is 293 g/mol. The first kappa shape index (κ1) is 14.0. The molecule has 1 aromatic heterocycles. The van der Waals surface area contributed by atoms with Crippen molar-refractivity contribution in [1.82, 2.24) is 9.88 Å². The van der Waals surface area contributed by atoms with Crippen molar-refractivity contribution in [3.8, 4) is 0 Å². The number of nitrogens with zero attached hydrogens (tertiary/aromatic N) is 3. The summed E-state index contributed by atoms with van der Waals surface area (Å²) < 4.78 is 0. The third kappa shape index (κ3) is 2.49. The summed E-state index contributed by atoms with van der Waals surface area (Å²) in [6, 6.07) is 0.462. The van der Waals surface area contributed by atoms with Crippen molar-refractivity contribution in [3.05, 3.63) is 10.6 Å². The molecule has 20 heavy (non-hydrogen) atoms. The van der Waals surface area contributed by atoms with Gasteiger partial charge in [-0.15, -0.1) is 0 Å². The van der Waals surface area contributed by atoms with Gasteiger partial charge in [-0.3, -0.25) is 4.79 Å². The lowest BCUT2D eigenvalue weighted by Crippen LogP contribution is -2.50.